The van der Waals surface area contributed by atoms with Crippen LogP contribution in [0.4, 0.5) is 0 Å². The molecular weight excluding hydrogens is 244 g/mol. The number of nitrogens with zero attached hydrogens (tertiary/aromatic N) is 2. The van der Waals surface area contributed by atoms with Gasteiger partial charge in [-0.05, 0) is 19.4 Å². The minimum absolute atomic E-state index is 0.859. The first-order valence-electron chi connectivity index (χ1n) is 6.89. The lowest BCUT2D eigenvalue weighted by atomic mass is 10.2. The van der Waals surface area contributed by atoms with Gasteiger partial charge in [0.2, 0.25) is 0 Å². The maximum atomic E-state index is 4.74. The molecule has 0 bridgehead atoms. The zero-order chi connectivity index (χ0) is 13.9. The first-order valence-corrected chi connectivity index (χ1v) is 6.89. The summed E-state index contributed by atoms with van der Waals surface area (Å²) in [5, 5.41) is 0. The maximum absolute atomic E-state index is 4.74. The van der Waals surface area contributed by atoms with E-state index in [0.717, 1.165) is 18.1 Å². The first-order chi connectivity index (χ1) is 9.75. The lowest BCUT2D eigenvalue weighted by Gasteiger charge is -2.10. The molecular formula is C18H18N2. The van der Waals surface area contributed by atoms with Crippen LogP contribution in [0.3, 0.4) is 0 Å². The van der Waals surface area contributed by atoms with Crippen molar-refractivity contribution < 1.29 is 0 Å². The fourth-order valence-electron chi connectivity index (χ4n) is 2.42. The third-order valence-electron chi connectivity index (χ3n) is 3.67. The molecule has 0 amide bonds. The minimum Gasteiger partial charge on any atom is -0.324 e. The summed E-state index contributed by atoms with van der Waals surface area (Å²) >= 11 is 0. The number of imidazole rings is 1. The van der Waals surface area contributed by atoms with Crippen LogP contribution in [0.5, 0.6) is 0 Å². The summed E-state index contributed by atoms with van der Waals surface area (Å²) < 4.78 is 2.29. The van der Waals surface area contributed by atoms with Gasteiger partial charge in [0.25, 0.3) is 0 Å². The number of benzene rings is 2. The van der Waals surface area contributed by atoms with Crippen LogP contribution in [0, 0.1) is 13.8 Å². The average molecular weight is 262 g/mol. The summed E-state index contributed by atoms with van der Waals surface area (Å²) in [7, 11) is 0. The quantitative estimate of drug-likeness (QED) is 0.691. The van der Waals surface area contributed by atoms with Crippen molar-refractivity contribution in [2.75, 3.05) is 0 Å². The normalized spacial score (nSPS) is 10.7. The van der Waals surface area contributed by atoms with Crippen molar-refractivity contribution in [1.29, 1.82) is 0 Å². The van der Waals surface area contributed by atoms with Gasteiger partial charge in [-0.25, -0.2) is 4.98 Å². The highest BCUT2D eigenvalue weighted by Gasteiger charge is 2.12. The minimum atomic E-state index is 0.859. The van der Waals surface area contributed by atoms with Crippen LogP contribution in [0.15, 0.2) is 60.7 Å². The van der Waals surface area contributed by atoms with Gasteiger partial charge >= 0.3 is 0 Å². The summed E-state index contributed by atoms with van der Waals surface area (Å²) in [5.41, 5.74) is 4.79. The van der Waals surface area contributed by atoms with Crippen molar-refractivity contribution in [3.8, 4) is 11.4 Å². The van der Waals surface area contributed by atoms with E-state index in [1.54, 1.807) is 0 Å². The molecule has 2 nitrogen and oxygen atoms in total. The molecule has 0 saturated heterocycles. The van der Waals surface area contributed by atoms with Crippen LogP contribution in [0.1, 0.15) is 17.0 Å². The topological polar surface area (TPSA) is 17.8 Å². The van der Waals surface area contributed by atoms with Crippen molar-refractivity contribution in [3.05, 3.63) is 77.6 Å². The number of rotatable bonds is 3. The van der Waals surface area contributed by atoms with E-state index in [2.05, 4.69) is 66.9 Å². The van der Waals surface area contributed by atoms with Crippen molar-refractivity contribution in [1.82, 2.24) is 9.55 Å². The Balaban J connectivity index is 2.06. The van der Waals surface area contributed by atoms with E-state index < -0.39 is 0 Å². The SMILES string of the molecule is Cc1nc(-c2ccccc2)n(Cc2ccccc2)c1C. The molecule has 20 heavy (non-hydrogen) atoms. The van der Waals surface area contributed by atoms with Crippen LogP contribution < -0.4 is 0 Å². The monoisotopic (exact) mass is 262 g/mol. The maximum Gasteiger partial charge on any atom is 0.140 e. The number of hydrogen-bond acceptors (Lipinski definition) is 1. The Kier molecular flexibility index (Phi) is 3.38. The highest BCUT2D eigenvalue weighted by atomic mass is 15.1. The first kappa shape index (κ1) is 12.7. The molecule has 1 heterocycles. The molecule has 0 fully saturated rings. The Labute approximate surface area is 119 Å². The van der Waals surface area contributed by atoms with Crippen LogP contribution in [0.2, 0.25) is 0 Å². The molecule has 0 aliphatic carbocycles. The Hall–Kier alpha value is -2.35. The molecule has 0 atom stereocenters. The molecule has 3 aromatic rings. The summed E-state index contributed by atoms with van der Waals surface area (Å²) in [6.45, 7) is 5.07. The van der Waals surface area contributed by atoms with Crippen molar-refractivity contribution in [2.45, 2.75) is 20.4 Å². The van der Waals surface area contributed by atoms with Gasteiger partial charge in [-0.1, -0.05) is 60.7 Å². The second-order valence-electron chi connectivity index (χ2n) is 5.04. The van der Waals surface area contributed by atoms with Crippen LogP contribution >= 0.6 is 0 Å². The lowest BCUT2D eigenvalue weighted by molar-refractivity contribution is 0.777. The average Bonchev–Trinajstić information content (AvgIpc) is 2.78. The molecule has 2 heteroatoms. The molecule has 2 aromatic carbocycles. The van der Waals surface area contributed by atoms with E-state index in [-0.39, 0.29) is 0 Å². The Morgan fingerprint density at radius 1 is 0.850 bits per heavy atom. The van der Waals surface area contributed by atoms with Gasteiger partial charge in [-0.3, -0.25) is 0 Å². The van der Waals surface area contributed by atoms with Crippen LogP contribution in [-0.4, -0.2) is 9.55 Å². The fourth-order valence-corrected chi connectivity index (χ4v) is 2.42. The van der Waals surface area contributed by atoms with Crippen molar-refractivity contribution in [2.24, 2.45) is 0 Å². The molecule has 0 aliphatic heterocycles. The molecule has 0 unspecified atom stereocenters. The summed E-state index contributed by atoms with van der Waals surface area (Å²) in [6.07, 6.45) is 0. The largest absolute Gasteiger partial charge is 0.324 e. The predicted molar refractivity (Wildman–Crippen MR) is 82.7 cm³/mol. The van der Waals surface area contributed by atoms with Gasteiger partial charge in [0, 0.05) is 17.8 Å². The highest BCUT2D eigenvalue weighted by molar-refractivity contribution is 5.57. The summed E-state index contributed by atoms with van der Waals surface area (Å²) in [5.74, 6) is 1.05. The Morgan fingerprint density at radius 3 is 2.10 bits per heavy atom. The lowest BCUT2D eigenvalue weighted by Crippen LogP contribution is -2.04. The fraction of sp³-hybridized carbons (Fsp3) is 0.167. The summed E-state index contributed by atoms with van der Waals surface area (Å²) in [4.78, 5) is 4.74. The third-order valence-corrected chi connectivity index (χ3v) is 3.67. The zero-order valence-corrected chi connectivity index (χ0v) is 11.9. The standard InChI is InChI=1S/C18H18N2/c1-14-15(2)20(13-16-9-5-3-6-10-16)18(19-14)17-11-7-4-8-12-17/h3-12H,13H2,1-2H3. The summed E-state index contributed by atoms with van der Waals surface area (Å²) in [6, 6.07) is 20.9. The molecule has 0 N–H and O–H groups in total. The predicted octanol–water partition coefficient (Wildman–Crippen LogP) is 4.22. The van der Waals surface area contributed by atoms with Gasteiger partial charge in [0.1, 0.15) is 5.82 Å². The van der Waals surface area contributed by atoms with Gasteiger partial charge in [-0.15, -0.1) is 0 Å². The molecule has 3 rings (SSSR count). The molecule has 0 aliphatic rings. The van der Waals surface area contributed by atoms with Crippen molar-refractivity contribution in [3.63, 3.8) is 0 Å². The molecule has 0 spiro atoms. The number of aryl methyl sites for hydroxylation is 1. The molecule has 1 aromatic heterocycles. The van der Waals surface area contributed by atoms with E-state index in [1.165, 1.54) is 16.8 Å². The van der Waals surface area contributed by atoms with Crippen molar-refractivity contribution >= 4 is 0 Å². The van der Waals surface area contributed by atoms with E-state index >= 15 is 0 Å². The molecule has 100 valence electrons. The van der Waals surface area contributed by atoms with Gasteiger partial charge in [0.05, 0.1) is 5.69 Å². The second-order valence-corrected chi connectivity index (χ2v) is 5.04. The Morgan fingerprint density at radius 2 is 1.45 bits per heavy atom. The third kappa shape index (κ3) is 2.37. The van der Waals surface area contributed by atoms with Crippen LogP contribution in [0.25, 0.3) is 11.4 Å². The molecule has 0 saturated carbocycles. The van der Waals surface area contributed by atoms with Gasteiger partial charge in [0.15, 0.2) is 0 Å². The number of aromatic nitrogens is 2. The van der Waals surface area contributed by atoms with Gasteiger partial charge < -0.3 is 4.57 Å². The van der Waals surface area contributed by atoms with Crippen LogP contribution in [-0.2, 0) is 6.54 Å². The van der Waals surface area contributed by atoms with Gasteiger partial charge in [-0.2, -0.15) is 0 Å². The number of hydrogen-bond donors (Lipinski definition) is 0. The Bertz CT molecular complexity index is 697. The van der Waals surface area contributed by atoms with E-state index in [1.807, 2.05) is 12.1 Å². The smallest absolute Gasteiger partial charge is 0.140 e. The molecule has 0 radical (unpaired) electrons. The van der Waals surface area contributed by atoms with E-state index in [0.29, 0.717) is 0 Å². The zero-order valence-electron chi connectivity index (χ0n) is 11.9. The van der Waals surface area contributed by atoms with E-state index in [4.69, 9.17) is 4.98 Å². The second kappa shape index (κ2) is 5.33. The van der Waals surface area contributed by atoms with E-state index in [9.17, 15) is 0 Å². The highest BCUT2D eigenvalue weighted by Crippen LogP contribution is 2.23.